The van der Waals surface area contributed by atoms with Crippen molar-refractivity contribution in [2.24, 2.45) is 5.92 Å². The summed E-state index contributed by atoms with van der Waals surface area (Å²) in [5, 5.41) is 13.2. The van der Waals surface area contributed by atoms with E-state index in [4.69, 9.17) is 4.42 Å². The quantitative estimate of drug-likeness (QED) is 0.493. The molecule has 7 nitrogen and oxygen atoms in total. The van der Waals surface area contributed by atoms with Crippen LogP contribution >= 0.6 is 0 Å². The number of nitrogens with zero attached hydrogens (tertiary/aromatic N) is 2. The Kier molecular flexibility index (Phi) is 5.32. The van der Waals surface area contributed by atoms with Crippen molar-refractivity contribution in [3.8, 4) is 0 Å². The molecule has 0 radical (unpaired) electrons. The molecule has 0 unspecified atom stereocenters. The Balaban J connectivity index is 1.68. The fourth-order valence-corrected chi connectivity index (χ4v) is 2.63. The first-order valence-corrected chi connectivity index (χ1v) is 7.31. The first-order valence-electron chi connectivity index (χ1n) is 7.31. The lowest BCUT2D eigenvalue weighted by molar-refractivity contribution is -0.402. The molecular weight excluding hydrogens is 274 g/mol. The molecule has 116 valence electrons. The van der Waals surface area contributed by atoms with Crippen molar-refractivity contribution >= 4 is 11.8 Å². The zero-order chi connectivity index (χ0) is 15.2. The molecule has 21 heavy (non-hydrogen) atoms. The lowest BCUT2D eigenvalue weighted by atomic mass is 10.0. The van der Waals surface area contributed by atoms with Crippen molar-refractivity contribution in [1.82, 2.24) is 10.2 Å². The Bertz CT molecular complexity index is 500. The normalized spacial score (nSPS) is 19.4. The average Bonchev–Trinajstić information content (AvgIpc) is 2.93. The highest BCUT2D eigenvalue weighted by Crippen LogP contribution is 2.16. The molecule has 1 saturated heterocycles. The number of carbonyl (C=O) groups is 1. The summed E-state index contributed by atoms with van der Waals surface area (Å²) in [5.74, 6) is -0.0946. The maximum Gasteiger partial charge on any atom is 0.433 e. The van der Waals surface area contributed by atoms with Gasteiger partial charge < -0.3 is 14.6 Å². The van der Waals surface area contributed by atoms with Gasteiger partial charge in [-0.05, 0) is 44.3 Å². The molecule has 1 atom stereocenters. The molecule has 0 aliphatic carbocycles. The van der Waals surface area contributed by atoms with Gasteiger partial charge in [0.25, 0.3) is 5.91 Å². The molecule has 1 amide bonds. The zero-order valence-corrected chi connectivity index (χ0v) is 12.2. The fourth-order valence-electron chi connectivity index (χ4n) is 2.63. The topological polar surface area (TPSA) is 88.6 Å². The van der Waals surface area contributed by atoms with Crippen molar-refractivity contribution < 1.29 is 14.1 Å². The molecule has 1 aliphatic rings. The summed E-state index contributed by atoms with van der Waals surface area (Å²) in [6, 6.07) is 2.50. The third kappa shape index (κ3) is 4.56. The van der Waals surface area contributed by atoms with Crippen molar-refractivity contribution in [2.45, 2.75) is 26.2 Å². The summed E-state index contributed by atoms with van der Waals surface area (Å²) in [6.45, 7) is 6.01. The maximum atomic E-state index is 11.7. The highest BCUT2D eigenvalue weighted by Gasteiger charge is 2.18. The molecule has 7 heteroatoms. The number of piperidine rings is 1. The van der Waals surface area contributed by atoms with Crippen LogP contribution in [0, 0.1) is 16.0 Å². The molecule has 1 aromatic heterocycles. The standard InChI is InChI=1S/C14H21N3O4/c1-11-4-2-8-16(10-11)9-3-7-15-14(18)12-5-6-13(21-12)17(19)20/h5-6,11H,2-4,7-10H2,1H3,(H,15,18)/t11-/m0/s1. The van der Waals surface area contributed by atoms with Gasteiger partial charge in [0, 0.05) is 13.1 Å². The third-order valence-electron chi connectivity index (χ3n) is 3.67. The van der Waals surface area contributed by atoms with Crippen LogP contribution in [-0.2, 0) is 0 Å². The molecule has 1 aromatic rings. The van der Waals surface area contributed by atoms with Crippen molar-refractivity contribution in [1.29, 1.82) is 0 Å². The van der Waals surface area contributed by atoms with Crippen LogP contribution in [0.25, 0.3) is 0 Å². The molecule has 2 heterocycles. The number of nitro groups is 1. The van der Waals surface area contributed by atoms with Crippen molar-refractivity contribution in [3.63, 3.8) is 0 Å². The summed E-state index contributed by atoms with van der Waals surface area (Å²) in [6.07, 6.45) is 3.40. The van der Waals surface area contributed by atoms with Crippen LogP contribution in [0.4, 0.5) is 5.88 Å². The van der Waals surface area contributed by atoms with Crippen LogP contribution in [0.3, 0.4) is 0 Å². The molecule has 0 saturated carbocycles. The van der Waals surface area contributed by atoms with E-state index in [1.807, 2.05) is 0 Å². The van der Waals surface area contributed by atoms with Gasteiger partial charge in [0.15, 0.2) is 5.76 Å². The largest absolute Gasteiger partial charge is 0.433 e. The predicted octanol–water partition coefficient (Wildman–Crippen LogP) is 2.04. The zero-order valence-electron chi connectivity index (χ0n) is 12.2. The fraction of sp³-hybridized carbons (Fsp3) is 0.643. The van der Waals surface area contributed by atoms with Gasteiger partial charge in [0.05, 0.1) is 6.07 Å². The van der Waals surface area contributed by atoms with Crippen LogP contribution in [-0.4, -0.2) is 41.9 Å². The number of carbonyl (C=O) groups excluding carboxylic acids is 1. The van der Waals surface area contributed by atoms with Crippen molar-refractivity contribution in [2.75, 3.05) is 26.2 Å². The number of nitrogens with one attached hydrogen (secondary N) is 1. The summed E-state index contributed by atoms with van der Waals surface area (Å²) in [7, 11) is 0. The van der Waals surface area contributed by atoms with E-state index < -0.39 is 16.7 Å². The summed E-state index contributed by atoms with van der Waals surface area (Å²) in [4.78, 5) is 24.0. The van der Waals surface area contributed by atoms with Crippen LogP contribution in [0.2, 0.25) is 0 Å². The Hall–Kier alpha value is -1.89. The second-order valence-corrected chi connectivity index (χ2v) is 5.55. The molecular formula is C14H21N3O4. The van der Waals surface area contributed by atoms with E-state index in [-0.39, 0.29) is 5.76 Å². The second kappa shape index (κ2) is 7.21. The summed E-state index contributed by atoms with van der Waals surface area (Å²) < 4.78 is 4.85. The minimum atomic E-state index is -0.658. The van der Waals surface area contributed by atoms with E-state index in [1.165, 1.54) is 25.0 Å². The number of hydrogen-bond acceptors (Lipinski definition) is 5. The number of likely N-dealkylation sites (tertiary alicyclic amines) is 1. The highest BCUT2D eigenvalue weighted by atomic mass is 16.6. The van der Waals surface area contributed by atoms with Gasteiger partial charge >= 0.3 is 5.88 Å². The number of rotatable bonds is 6. The molecule has 0 aromatic carbocycles. The van der Waals surface area contributed by atoms with E-state index in [9.17, 15) is 14.9 Å². The van der Waals surface area contributed by atoms with E-state index in [0.717, 1.165) is 32.0 Å². The maximum absolute atomic E-state index is 11.7. The van der Waals surface area contributed by atoms with E-state index in [2.05, 4.69) is 17.1 Å². The molecule has 0 spiro atoms. The van der Waals surface area contributed by atoms with Crippen LogP contribution < -0.4 is 5.32 Å². The summed E-state index contributed by atoms with van der Waals surface area (Å²) >= 11 is 0. The number of amides is 1. The lowest BCUT2D eigenvalue weighted by Gasteiger charge is -2.30. The van der Waals surface area contributed by atoms with E-state index >= 15 is 0 Å². The second-order valence-electron chi connectivity index (χ2n) is 5.55. The Labute approximate surface area is 123 Å². The molecule has 2 rings (SSSR count). The van der Waals surface area contributed by atoms with E-state index in [1.54, 1.807) is 0 Å². The SMILES string of the molecule is C[C@H]1CCCN(CCCNC(=O)c2ccc([N+](=O)[O-])o2)C1. The Morgan fingerprint density at radius 2 is 2.38 bits per heavy atom. The number of furan rings is 1. The smallest absolute Gasteiger partial charge is 0.395 e. The Morgan fingerprint density at radius 1 is 1.57 bits per heavy atom. The van der Waals surface area contributed by atoms with Gasteiger partial charge in [0.2, 0.25) is 0 Å². The van der Waals surface area contributed by atoms with Gasteiger partial charge in [-0.15, -0.1) is 0 Å². The molecule has 1 aliphatic heterocycles. The lowest BCUT2D eigenvalue weighted by Crippen LogP contribution is -2.36. The summed E-state index contributed by atoms with van der Waals surface area (Å²) in [5.41, 5.74) is 0. The minimum absolute atomic E-state index is 0.0201. The van der Waals surface area contributed by atoms with Crippen LogP contribution in [0.1, 0.15) is 36.7 Å². The van der Waals surface area contributed by atoms with Gasteiger partial charge in [-0.1, -0.05) is 6.92 Å². The van der Waals surface area contributed by atoms with Gasteiger partial charge in [-0.2, -0.15) is 0 Å². The first kappa shape index (κ1) is 15.5. The Morgan fingerprint density at radius 3 is 3.05 bits per heavy atom. The van der Waals surface area contributed by atoms with Crippen LogP contribution in [0.15, 0.2) is 16.5 Å². The third-order valence-corrected chi connectivity index (χ3v) is 3.67. The van der Waals surface area contributed by atoms with E-state index in [0.29, 0.717) is 6.54 Å². The minimum Gasteiger partial charge on any atom is -0.395 e. The van der Waals surface area contributed by atoms with Gasteiger partial charge in [-0.25, -0.2) is 0 Å². The monoisotopic (exact) mass is 295 g/mol. The molecule has 1 fully saturated rings. The first-order chi connectivity index (χ1) is 10.1. The average molecular weight is 295 g/mol. The highest BCUT2D eigenvalue weighted by molar-refractivity contribution is 5.91. The predicted molar refractivity (Wildman–Crippen MR) is 77.2 cm³/mol. The molecule has 1 N–H and O–H groups in total. The molecule has 0 bridgehead atoms. The van der Waals surface area contributed by atoms with Crippen molar-refractivity contribution in [3.05, 3.63) is 28.0 Å². The van der Waals surface area contributed by atoms with Gasteiger partial charge in [-0.3, -0.25) is 14.9 Å². The van der Waals surface area contributed by atoms with Gasteiger partial charge in [0.1, 0.15) is 4.92 Å². The van der Waals surface area contributed by atoms with Crippen LogP contribution in [0.5, 0.6) is 0 Å². The number of hydrogen-bond donors (Lipinski definition) is 1.